The predicted octanol–water partition coefficient (Wildman–Crippen LogP) is 0.812. The Balaban J connectivity index is 2.01. The Morgan fingerprint density at radius 3 is 2.95 bits per heavy atom. The lowest BCUT2D eigenvalue weighted by atomic mass is 10.2. The first-order valence-electron chi connectivity index (χ1n) is 5.70. The van der Waals surface area contributed by atoms with Crippen molar-refractivity contribution in [2.45, 2.75) is 0 Å². The maximum absolute atomic E-state index is 11.7. The molecule has 7 heteroatoms. The third kappa shape index (κ3) is 3.05. The van der Waals surface area contributed by atoms with E-state index in [0.29, 0.717) is 16.7 Å². The number of rotatable bonds is 4. The number of hydrogen-bond acceptors (Lipinski definition) is 6. The molecule has 0 saturated heterocycles. The Hall–Kier alpha value is -3.01. The third-order valence-corrected chi connectivity index (χ3v) is 2.44. The van der Waals surface area contributed by atoms with Gasteiger partial charge in [-0.05, 0) is 24.3 Å². The Kier molecular flexibility index (Phi) is 3.86. The van der Waals surface area contributed by atoms with Gasteiger partial charge in [-0.3, -0.25) is 4.79 Å². The Bertz CT molecular complexity index is 699. The zero-order valence-corrected chi connectivity index (χ0v) is 10.4. The van der Waals surface area contributed by atoms with E-state index >= 15 is 0 Å². The number of nitrogens with zero attached hydrogens (tertiary/aromatic N) is 1. The van der Waals surface area contributed by atoms with Crippen LogP contribution in [0, 0.1) is 11.3 Å². The molecule has 0 fully saturated rings. The largest absolute Gasteiger partial charge is 0.450 e. The first-order valence-corrected chi connectivity index (χ1v) is 5.70. The smallest absolute Gasteiger partial charge is 0.374 e. The van der Waals surface area contributed by atoms with Crippen molar-refractivity contribution in [3.8, 4) is 6.07 Å². The van der Waals surface area contributed by atoms with Crippen LogP contribution in [0.1, 0.15) is 10.6 Å². The number of fused-ring (bicyclic) bond motifs is 1. The van der Waals surface area contributed by atoms with Gasteiger partial charge in [-0.15, -0.1) is 0 Å². The van der Waals surface area contributed by atoms with Crippen molar-refractivity contribution < 1.29 is 18.7 Å². The van der Waals surface area contributed by atoms with E-state index in [-0.39, 0.29) is 12.3 Å². The molecular weight excluding hydrogens is 262 g/mol. The topological polar surface area (TPSA) is 118 Å². The Morgan fingerprint density at radius 1 is 1.40 bits per heavy atom. The molecule has 0 bridgehead atoms. The number of carbonyl (C=O) groups is 2. The molecule has 2 aromatic rings. The number of esters is 1. The van der Waals surface area contributed by atoms with Gasteiger partial charge in [-0.2, -0.15) is 5.26 Å². The van der Waals surface area contributed by atoms with Crippen molar-refractivity contribution in [3.05, 3.63) is 30.0 Å². The minimum atomic E-state index is -0.758. The molecule has 0 aliphatic heterocycles. The number of carbonyl (C=O) groups excluding carboxylic acids is 2. The van der Waals surface area contributed by atoms with Gasteiger partial charge in [-0.1, -0.05) is 0 Å². The summed E-state index contributed by atoms with van der Waals surface area (Å²) in [4.78, 5) is 22.9. The van der Waals surface area contributed by atoms with Gasteiger partial charge in [0.2, 0.25) is 5.76 Å². The molecule has 20 heavy (non-hydrogen) atoms. The van der Waals surface area contributed by atoms with E-state index in [4.69, 9.17) is 20.1 Å². The van der Waals surface area contributed by atoms with Crippen LogP contribution in [0.25, 0.3) is 11.0 Å². The van der Waals surface area contributed by atoms with Gasteiger partial charge in [0, 0.05) is 11.1 Å². The number of nitrogens with two attached hydrogens (primary N) is 1. The van der Waals surface area contributed by atoms with E-state index in [9.17, 15) is 9.59 Å². The van der Waals surface area contributed by atoms with E-state index < -0.39 is 18.5 Å². The fourth-order valence-electron chi connectivity index (χ4n) is 1.55. The highest BCUT2D eigenvalue weighted by atomic mass is 16.5. The number of ether oxygens (including phenoxy) is 1. The van der Waals surface area contributed by atoms with Crippen molar-refractivity contribution in [1.82, 2.24) is 5.32 Å². The standard InChI is InChI=1S/C13H11N3O4/c14-3-4-16-12(17)7-19-13(18)11-6-8-5-9(15)1-2-10(8)20-11/h1-2,5-6H,4,7,15H2,(H,16,17). The first-order chi connectivity index (χ1) is 9.60. The van der Waals surface area contributed by atoms with E-state index in [1.54, 1.807) is 24.3 Å². The van der Waals surface area contributed by atoms with Gasteiger partial charge < -0.3 is 20.2 Å². The maximum Gasteiger partial charge on any atom is 0.374 e. The van der Waals surface area contributed by atoms with Crippen LogP contribution in [0.4, 0.5) is 5.69 Å². The second kappa shape index (κ2) is 5.75. The SMILES string of the molecule is N#CCNC(=O)COC(=O)c1cc2cc(N)ccc2o1. The first kappa shape index (κ1) is 13.4. The summed E-state index contributed by atoms with van der Waals surface area (Å²) in [6.45, 7) is -0.611. The lowest BCUT2D eigenvalue weighted by Crippen LogP contribution is -2.28. The van der Waals surface area contributed by atoms with Crippen LogP contribution >= 0.6 is 0 Å². The number of nitrogens with one attached hydrogen (secondary N) is 1. The normalized spacial score (nSPS) is 9.95. The minimum Gasteiger partial charge on any atom is -0.450 e. The number of benzene rings is 1. The van der Waals surface area contributed by atoms with E-state index in [2.05, 4.69) is 5.32 Å². The highest BCUT2D eigenvalue weighted by Gasteiger charge is 2.15. The molecule has 102 valence electrons. The summed E-state index contributed by atoms with van der Waals surface area (Å²) in [5, 5.41) is 11.2. The predicted molar refractivity (Wildman–Crippen MR) is 69.5 cm³/mol. The highest BCUT2D eigenvalue weighted by Crippen LogP contribution is 2.22. The molecule has 0 aliphatic rings. The maximum atomic E-state index is 11.7. The van der Waals surface area contributed by atoms with Crippen LogP contribution in [0.2, 0.25) is 0 Å². The van der Waals surface area contributed by atoms with E-state index in [1.807, 2.05) is 0 Å². The van der Waals surface area contributed by atoms with Gasteiger partial charge >= 0.3 is 5.97 Å². The van der Waals surface area contributed by atoms with Crippen LogP contribution in [-0.4, -0.2) is 25.0 Å². The van der Waals surface area contributed by atoms with Crippen molar-refractivity contribution in [2.24, 2.45) is 0 Å². The average molecular weight is 273 g/mol. The quantitative estimate of drug-likeness (QED) is 0.483. The fraction of sp³-hybridized carbons (Fsp3) is 0.154. The molecule has 7 nitrogen and oxygen atoms in total. The van der Waals surface area contributed by atoms with Gasteiger partial charge in [0.1, 0.15) is 12.1 Å². The number of hydrogen-bond donors (Lipinski definition) is 2. The molecule has 1 amide bonds. The third-order valence-electron chi connectivity index (χ3n) is 2.44. The number of nitrogen functional groups attached to an aromatic ring is 1. The Labute approximate surface area is 113 Å². The summed E-state index contributed by atoms with van der Waals surface area (Å²) in [6.07, 6.45) is 0. The average Bonchev–Trinajstić information content (AvgIpc) is 2.85. The lowest BCUT2D eigenvalue weighted by molar-refractivity contribution is -0.124. The summed E-state index contributed by atoms with van der Waals surface area (Å²) < 4.78 is 10.0. The second-order valence-electron chi connectivity index (χ2n) is 3.92. The zero-order chi connectivity index (χ0) is 14.5. The summed E-state index contributed by atoms with van der Waals surface area (Å²) in [5.41, 5.74) is 6.67. The molecular formula is C13H11N3O4. The van der Waals surface area contributed by atoms with Crippen molar-refractivity contribution in [3.63, 3.8) is 0 Å². The molecule has 0 spiro atoms. The van der Waals surface area contributed by atoms with Gasteiger partial charge in [0.05, 0.1) is 6.07 Å². The van der Waals surface area contributed by atoms with Gasteiger partial charge in [-0.25, -0.2) is 4.79 Å². The summed E-state index contributed by atoms with van der Waals surface area (Å²) in [5.74, 6) is -1.33. The van der Waals surface area contributed by atoms with Crippen LogP contribution in [0.15, 0.2) is 28.7 Å². The van der Waals surface area contributed by atoms with Crippen molar-refractivity contribution >= 4 is 28.5 Å². The summed E-state index contributed by atoms with van der Waals surface area (Å²) >= 11 is 0. The monoisotopic (exact) mass is 273 g/mol. The molecule has 1 aromatic heterocycles. The van der Waals surface area contributed by atoms with Crippen molar-refractivity contribution in [1.29, 1.82) is 5.26 Å². The molecule has 0 atom stereocenters. The van der Waals surface area contributed by atoms with Crippen LogP contribution in [0.3, 0.4) is 0 Å². The molecule has 2 rings (SSSR count). The molecule has 1 aromatic carbocycles. The fourth-order valence-corrected chi connectivity index (χ4v) is 1.55. The van der Waals surface area contributed by atoms with Gasteiger partial charge in [0.15, 0.2) is 6.61 Å². The van der Waals surface area contributed by atoms with Gasteiger partial charge in [0.25, 0.3) is 5.91 Å². The van der Waals surface area contributed by atoms with E-state index in [1.165, 1.54) is 6.07 Å². The molecule has 0 unspecified atom stereocenters. The zero-order valence-electron chi connectivity index (χ0n) is 10.4. The Morgan fingerprint density at radius 2 is 2.20 bits per heavy atom. The lowest BCUT2D eigenvalue weighted by Gasteiger charge is -2.01. The van der Waals surface area contributed by atoms with Crippen molar-refractivity contribution in [2.75, 3.05) is 18.9 Å². The number of furan rings is 1. The number of anilines is 1. The molecule has 0 saturated carbocycles. The molecule has 3 N–H and O–H groups in total. The second-order valence-corrected chi connectivity index (χ2v) is 3.92. The number of nitriles is 1. The number of amides is 1. The highest BCUT2D eigenvalue weighted by molar-refractivity contribution is 5.94. The molecule has 0 aliphatic carbocycles. The van der Waals surface area contributed by atoms with Crippen LogP contribution in [-0.2, 0) is 9.53 Å². The summed E-state index contributed by atoms with van der Waals surface area (Å²) in [7, 11) is 0. The minimum absolute atomic E-state index is 0.0151. The summed E-state index contributed by atoms with van der Waals surface area (Å²) in [6, 6.07) is 8.18. The molecule has 1 heterocycles. The molecule has 0 radical (unpaired) electrons. The van der Waals surface area contributed by atoms with Crippen LogP contribution < -0.4 is 11.1 Å². The van der Waals surface area contributed by atoms with E-state index in [0.717, 1.165) is 0 Å². The van der Waals surface area contributed by atoms with Crippen LogP contribution in [0.5, 0.6) is 0 Å².